The number of aliphatic hydroxyl groups is 2. The van der Waals surface area contributed by atoms with Crippen molar-refractivity contribution in [2.45, 2.75) is 32.0 Å². The third kappa shape index (κ3) is 5.02. The van der Waals surface area contributed by atoms with E-state index in [4.69, 9.17) is 10.2 Å². The number of carbonyl (C=O) groups excluding carboxylic acids is 2. The van der Waals surface area contributed by atoms with Gasteiger partial charge in [-0.25, -0.2) is 0 Å². The maximum absolute atomic E-state index is 12.2. The van der Waals surface area contributed by atoms with E-state index in [0.717, 1.165) is 5.56 Å². The molecule has 2 rings (SSSR count). The maximum Gasteiger partial charge on any atom is 0.237 e. The van der Waals surface area contributed by atoms with E-state index in [1.165, 1.54) is 5.56 Å². The van der Waals surface area contributed by atoms with Gasteiger partial charge >= 0.3 is 0 Å². The van der Waals surface area contributed by atoms with E-state index in [-0.39, 0.29) is 31.4 Å². The van der Waals surface area contributed by atoms with Crippen LogP contribution in [0.25, 0.3) is 0 Å². The van der Waals surface area contributed by atoms with Gasteiger partial charge in [0.1, 0.15) is 0 Å². The predicted octanol–water partition coefficient (Wildman–Crippen LogP) is -0.845. The van der Waals surface area contributed by atoms with E-state index in [1.807, 2.05) is 36.1 Å². The molecule has 0 unspecified atom stereocenters. The summed E-state index contributed by atoms with van der Waals surface area (Å²) >= 11 is 0. The summed E-state index contributed by atoms with van der Waals surface area (Å²) in [5.41, 5.74) is 2.26. The first-order valence-corrected chi connectivity index (χ1v) is 8.12. The topological polar surface area (TPSA) is 102 Å². The zero-order chi connectivity index (χ0) is 17.5. The van der Waals surface area contributed by atoms with Gasteiger partial charge in [-0.05, 0) is 12.5 Å². The minimum absolute atomic E-state index is 0.00576. The van der Waals surface area contributed by atoms with E-state index in [0.29, 0.717) is 19.6 Å². The number of aryl methyl sites for hydroxylation is 1. The molecule has 7 heteroatoms. The second kappa shape index (κ2) is 8.77. The summed E-state index contributed by atoms with van der Waals surface area (Å²) in [5, 5.41) is 23.4. The molecule has 0 saturated carbocycles. The first-order valence-electron chi connectivity index (χ1n) is 8.12. The Morgan fingerprint density at radius 3 is 2.62 bits per heavy atom. The van der Waals surface area contributed by atoms with Crippen molar-refractivity contribution in [3.05, 3.63) is 35.4 Å². The SMILES string of the molecule is Cc1ccc(CN2CCNC(=O)[C@H]2CC(=O)NC(CO)CO)cc1. The third-order valence-corrected chi connectivity index (χ3v) is 4.13. The summed E-state index contributed by atoms with van der Waals surface area (Å²) in [5.74, 6) is -0.535. The Balaban J connectivity index is 2.01. The largest absolute Gasteiger partial charge is 0.394 e. The molecule has 0 aliphatic carbocycles. The Kier molecular flexibility index (Phi) is 6.72. The summed E-state index contributed by atoms with van der Waals surface area (Å²) in [6, 6.07) is 6.83. The molecule has 1 aromatic carbocycles. The summed E-state index contributed by atoms with van der Waals surface area (Å²) < 4.78 is 0. The maximum atomic E-state index is 12.2. The zero-order valence-corrected chi connectivity index (χ0v) is 13.9. The van der Waals surface area contributed by atoms with E-state index < -0.39 is 12.1 Å². The lowest BCUT2D eigenvalue weighted by Gasteiger charge is -2.35. The molecule has 0 radical (unpaired) electrons. The molecule has 1 fully saturated rings. The number of rotatable bonds is 7. The number of piperazine rings is 1. The minimum atomic E-state index is -0.699. The van der Waals surface area contributed by atoms with Gasteiger partial charge in [-0.15, -0.1) is 0 Å². The van der Waals surface area contributed by atoms with Crippen LogP contribution in [-0.2, 0) is 16.1 Å². The molecule has 1 aliphatic heterocycles. The molecule has 1 saturated heterocycles. The highest BCUT2D eigenvalue weighted by atomic mass is 16.3. The standard InChI is InChI=1S/C17H25N3O4/c1-12-2-4-13(5-3-12)9-20-7-6-18-17(24)15(20)8-16(23)19-14(10-21)11-22/h2-5,14-15,21-22H,6-11H2,1H3,(H,18,24)(H,19,23)/t15-/m1/s1. The van der Waals surface area contributed by atoms with Crippen LogP contribution in [0.5, 0.6) is 0 Å². The molecule has 0 aromatic heterocycles. The number of aliphatic hydroxyl groups excluding tert-OH is 2. The predicted molar refractivity (Wildman–Crippen MR) is 89.1 cm³/mol. The van der Waals surface area contributed by atoms with Crippen LogP contribution in [-0.4, -0.2) is 65.3 Å². The van der Waals surface area contributed by atoms with Crippen molar-refractivity contribution in [2.24, 2.45) is 0 Å². The van der Waals surface area contributed by atoms with Crippen LogP contribution in [0.4, 0.5) is 0 Å². The molecular formula is C17H25N3O4. The molecule has 0 bridgehead atoms. The smallest absolute Gasteiger partial charge is 0.237 e. The highest BCUT2D eigenvalue weighted by Crippen LogP contribution is 2.14. The average Bonchev–Trinajstić information content (AvgIpc) is 2.58. The van der Waals surface area contributed by atoms with Gasteiger partial charge < -0.3 is 20.8 Å². The lowest BCUT2D eigenvalue weighted by atomic mass is 10.1. The molecule has 1 atom stereocenters. The Hall–Kier alpha value is -1.96. The van der Waals surface area contributed by atoms with Gasteiger partial charge in [-0.2, -0.15) is 0 Å². The molecule has 7 nitrogen and oxygen atoms in total. The summed E-state index contributed by atoms with van der Waals surface area (Å²) in [4.78, 5) is 26.2. The van der Waals surface area contributed by atoms with Crippen LogP contribution < -0.4 is 10.6 Å². The van der Waals surface area contributed by atoms with E-state index in [2.05, 4.69) is 10.6 Å². The lowest BCUT2D eigenvalue weighted by molar-refractivity contribution is -0.134. The Morgan fingerprint density at radius 2 is 2.00 bits per heavy atom. The molecule has 1 aromatic rings. The van der Waals surface area contributed by atoms with Crippen molar-refractivity contribution in [1.82, 2.24) is 15.5 Å². The van der Waals surface area contributed by atoms with Crippen LogP contribution in [0.2, 0.25) is 0 Å². The van der Waals surface area contributed by atoms with Crippen molar-refractivity contribution in [1.29, 1.82) is 0 Å². The van der Waals surface area contributed by atoms with Crippen molar-refractivity contribution in [3.63, 3.8) is 0 Å². The fourth-order valence-corrected chi connectivity index (χ4v) is 2.71. The van der Waals surface area contributed by atoms with Gasteiger partial charge in [-0.1, -0.05) is 29.8 Å². The van der Waals surface area contributed by atoms with Gasteiger partial charge in [0.15, 0.2) is 0 Å². The number of hydrogen-bond acceptors (Lipinski definition) is 5. The Labute approximate surface area is 141 Å². The Bertz CT molecular complexity index is 557. The van der Waals surface area contributed by atoms with Crippen molar-refractivity contribution in [2.75, 3.05) is 26.3 Å². The zero-order valence-electron chi connectivity index (χ0n) is 13.9. The number of benzene rings is 1. The van der Waals surface area contributed by atoms with Crippen LogP contribution in [0, 0.1) is 6.92 Å². The van der Waals surface area contributed by atoms with Gasteiger partial charge in [0.25, 0.3) is 0 Å². The van der Waals surface area contributed by atoms with Crippen LogP contribution in [0.15, 0.2) is 24.3 Å². The van der Waals surface area contributed by atoms with Crippen molar-refractivity contribution in [3.8, 4) is 0 Å². The highest BCUT2D eigenvalue weighted by Gasteiger charge is 2.31. The summed E-state index contributed by atoms with van der Waals surface area (Å²) in [7, 11) is 0. The second-order valence-electron chi connectivity index (χ2n) is 6.10. The molecule has 4 N–H and O–H groups in total. The van der Waals surface area contributed by atoms with E-state index >= 15 is 0 Å². The number of nitrogens with zero attached hydrogens (tertiary/aromatic N) is 1. The number of carbonyl (C=O) groups is 2. The first kappa shape index (κ1) is 18.4. The summed E-state index contributed by atoms with van der Waals surface area (Å²) in [6.07, 6.45) is -0.00576. The minimum Gasteiger partial charge on any atom is -0.394 e. The third-order valence-electron chi connectivity index (χ3n) is 4.13. The average molecular weight is 335 g/mol. The fourth-order valence-electron chi connectivity index (χ4n) is 2.71. The number of nitrogens with one attached hydrogen (secondary N) is 2. The van der Waals surface area contributed by atoms with Gasteiger partial charge in [0, 0.05) is 19.6 Å². The molecule has 2 amide bonds. The molecular weight excluding hydrogens is 310 g/mol. The fraction of sp³-hybridized carbons (Fsp3) is 0.529. The summed E-state index contributed by atoms with van der Waals surface area (Å²) in [6.45, 7) is 3.15. The van der Waals surface area contributed by atoms with Gasteiger partial charge in [-0.3, -0.25) is 14.5 Å². The van der Waals surface area contributed by atoms with Gasteiger partial charge in [0.2, 0.25) is 11.8 Å². The first-order chi connectivity index (χ1) is 11.5. The molecule has 24 heavy (non-hydrogen) atoms. The Morgan fingerprint density at radius 1 is 1.33 bits per heavy atom. The molecule has 1 heterocycles. The second-order valence-corrected chi connectivity index (χ2v) is 6.10. The number of hydrogen-bond donors (Lipinski definition) is 4. The van der Waals surface area contributed by atoms with Crippen LogP contribution in [0.1, 0.15) is 17.5 Å². The highest BCUT2D eigenvalue weighted by molar-refractivity contribution is 5.88. The number of amides is 2. The molecule has 132 valence electrons. The quantitative estimate of drug-likeness (QED) is 0.520. The molecule has 0 spiro atoms. The van der Waals surface area contributed by atoms with Crippen molar-refractivity contribution < 1.29 is 19.8 Å². The van der Waals surface area contributed by atoms with E-state index in [1.54, 1.807) is 0 Å². The molecule has 1 aliphatic rings. The van der Waals surface area contributed by atoms with Crippen molar-refractivity contribution >= 4 is 11.8 Å². The van der Waals surface area contributed by atoms with Crippen LogP contribution in [0.3, 0.4) is 0 Å². The van der Waals surface area contributed by atoms with Gasteiger partial charge in [0.05, 0.1) is 31.7 Å². The van der Waals surface area contributed by atoms with E-state index in [9.17, 15) is 9.59 Å². The normalized spacial score (nSPS) is 18.5. The monoisotopic (exact) mass is 335 g/mol. The van der Waals surface area contributed by atoms with Crippen LogP contribution >= 0.6 is 0 Å². The lowest BCUT2D eigenvalue weighted by Crippen LogP contribution is -2.56.